The maximum atomic E-state index is 12.9. The lowest BCUT2D eigenvalue weighted by atomic mass is 9.88. The number of carbonyl (C=O) groups is 2. The largest absolute Gasteiger partial charge is 0.465 e. The van der Waals surface area contributed by atoms with Crippen LogP contribution in [0.1, 0.15) is 61.5 Å². The molecule has 1 saturated carbocycles. The first-order valence-corrected chi connectivity index (χ1v) is 17.4. The zero-order valence-corrected chi connectivity index (χ0v) is 25.9. The van der Waals surface area contributed by atoms with Gasteiger partial charge in [-0.15, -0.1) is 0 Å². The summed E-state index contributed by atoms with van der Waals surface area (Å²) in [4.78, 5) is 24.6. The van der Waals surface area contributed by atoms with Gasteiger partial charge in [-0.2, -0.15) is 0 Å². The van der Waals surface area contributed by atoms with Crippen LogP contribution in [0.15, 0.2) is 78.9 Å². The average Bonchev–Trinajstić information content (AvgIpc) is 3.28. The fraction of sp³-hybridized carbons (Fsp3) is 0.429. The summed E-state index contributed by atoms with van der Waals surface area (Å²) >= 11 is 0. The summed E-state index contributed by atoms with van der Waals surface area (Å²) in [7, 11) is -0.621. The third-order valence-corrected chi connectivity index (χ3v) is 13.4. The van der Waals surface area contributed by atoms with Crippen LogP contribution < -0.4 is 0 Å². The van der Waals surface area contributed by atoms with Gasteiger partial charge in [-0.3, -0.25) is 4.79 Å². The van der Waals surface area contributed by atoms with Gasteiger partial charge < -0.3 is 9.16 Å². The van der Waals surface area contributed by atoms with Gasteiger partial charge in [0.2, 0.25) is 0 Å². The van der Waals surface area contributed by atoms with Crippen molar-refractivity contribution in [1.29, 1.82) is 0 Å². The Bertz CT molecular complexity index is 1350. The number of aryl methyl sites for hydroxylation is 1. The molecule has 0 saturated heterocycles. The van der Waals surface area contributed by atoms with Gasteiger partial charge in [0.1, 0.15) is 5.78 Å². The number of hydrogen-bond acceptors (Lipinski definition) is 4. The van der Waals surface area contributed by atoms with Gasteiger partial charge in [0.15, 0.2) is 8.32 Å². The number of Topliss-reactive ketones (excluding diaryl/α,β-unsaturated/α-hetero) is 1. The summed E-state index contributed by atoms with van der Waals surface area (Å²) in [6, 6.07) is 22.7. The number of ketones is 1. The highest BCUT2D eigenvalue weighted by Gasteiger charge is 2.39. The van der Waals surface area contributed by atoms with Crippen molar-refractivity contribution < 1.29 is 18.8 Å². The molecule has 0 bridgehead atoms. The average molecular weight is 557 g/mol. The minimum Gasteiger partial charge on any atom is -0.465 e. The van der Waals surface area contributed by atoms with E-state index in [1.54, 1.807) is 12.1 Å². The van der Waals surface area contributed by atoms with Gasteiger partial charge in [0, 0.05) is 18.8 Å². The number of esters is 1. The second kappa shape index (κ2) is 12.7. The number of ether oxygens (including phenoxy) is 1. The number of rotatable bonds is 10. The molecule has 0 spiro atoms. The van der Waals surface area contributed by atoms with Crippen LogP contribution in [0.5, 0.6) is 0 Å². The molecule has 5 heteroatoms. The number of fused-ring (bicyclic) bond motifs is 1. The van der Waals surface area contributed by atoms with E-state index in [0.717, 1.165) is 31.2 Å². The summed E-state index contributed by atoms with van der Waals surface area (Å²) in [5, 5.41) is 2.60. The third kappa shape index (κ3) is 7.38. The number of benzene rings is 3. The minimum atomic E-state index is -2.01. The zero-order chi connectivity index (χ0) is 28.9. The topological polar surface area (TPSA) is 52.6 Å². The highest BCUT2D eigenvalue weighted by molar-refractivity contribution is 6.74. The molecule has 4 nitrogen and oxygen atoms in total. The van der Waals surface area contributed by atoms with Gasteiger partial charge >= 0.3 is 5.97 Å². The van der Waals surface area contributed by atoms with E-state index in [9.17, 15) is 9.59 Å². The number of allylic oxidation sites excluding steroid dienone is 1. The highest BCUT2D eigenvalue weighted by atomic mass is 28.4. The van der Waals surface area contributed by atoms with Gasteiger partial charge in [0.25, 0.3) is 0 Å². The van der Waals surface area contributed by atoms with Crippen LogP contribution in [-0.4, -0.2) is 33.3 Å². The van der Waals surface area contributed by atoms with E-state index in [-0.39, 0.29) is 28.9 Å². The first-order chi connectivity index (χ1) is 19.0. The SMILES string of the molecule is COC(=O)c1ccc(CC[C@H]2C(=O)CC[C@H]2C=CC(Cc2ccc3ccccc3c2)O[Si](C)(C)C(C)(C)C)cc1. The molecular formula is C35H44O4Si. The fourth-order valence-corrected chi connectivity index (χ4v) is 6.63. The molecule has 1 aliphatic carbocycles. The van der Waals surface area contributed by atoms with Gasteiger partial charge in [-0.05, 0) is 77.3 Å². The Kier molecular flexibility index (Phi) is 9.47. The molecule has 4 rings (SSSR count). The van der Waals surface area contributed by atoms with Crippen molar-refractivity contribution in [2.24, 2.45) is 11.8 Å². The van der Waals surface area contributed by atoms with Gasteiger partial charge in [-0.25, -0.2) is 4.79 Å². The molecule has 1 unspecified atom stereocenters. The normalized spacial score (nSPS) is 18.9. The minimum absolute atomic E-state index is 0.0192. The van der Waals surface area contributed by atoms with Crippen molar-refractivity contribution in [1.82, 2.24) is 0 Å². The molecule has 0 radical (unpaired) electrons. The van der Waals surface area contributed by atoms with Crippen LogP contribution in [0.4, 0.5) is 0 Å². The lowest BCUT2D eigenvalue weighted by molar-refractivity contribution is -0.121. The Morgan fingerprint density at radius 1 is 1.00 bits per heavy atom. The van der Waals surface area contributed by atoms with Crippen LogP contribution in [0.2, 0.25) is 18.1 Å². The van der Waals surface area contributed by atoms with Crippen molar-refractivity contribution >= 4 is 30.8 Å². The number of hydrogen-bond donors (Lipinski definition) is 0. The molecule has 0 N–H and O–H groups in total. The van der Waals surface area contributed by atoms with E-state index in [1.165, 1.54) is 23.4 Å². The van der Waals surface area contributed by atoms with Crippen molar-refractivity contribution in [3.8, 4) is 0 Å². The molecule has 0 aromatic heterocycles. The second-order valence-electron chi connectivity index (χ2n) is 12.7. The number of carbonyl (C=O) groups excluding carboxylic acids is 2. The van der Waals surface area contributed by atoms with E-state index >= 15 is 0 Å². The summed E-state index contributed by atoms with van der Waals surface area (Å²) < 4.78 is 11.7. The standard InChI is InChI=1S/C35H44O4Si/c1-35(2,3)40(5,6)39-31(24-26-13-15-27-9-7-8-10-30(27)23-26)20-18-28-19-22-33(36)32(28)21-14-25-11-16-29(17-12-25)34(37)38-4/h7-13,15-18,20,23,28,31-32H,14,19,21-22,24H2,1-6H3/t28-,31?,32-/m1/s1. The maximum absolute atomic E-state index is 12.9. The van der Waals surface area contributed by atoms with E-state index in [0.29, 0.717) is 17.8 Å². The Balaban J connectivity index is 1.49. The quantitative estimate of drug-likeness (QED) is 0.143. The molecule has 3 aromatic rings. The molecule has 3 aromatic carbocycles. The molecule has 1 aliphatic rings. The van der Waals surface area contributed by atoms with Crippen molar-refractivity contribution in [3.05, 3.63) is 95.6 Å². The molecule has 3 atom stereocenters. The molecule has 1 fully saturated rings. The Hall–Kier alpha value is -3.02. The molecule has 212 valence electrons. The van der Waals surface area contributed by atoms with Crippen LogP contribution in [-0.2, 0) is 26.8 Å². The molecule has 0 heterocycles. The molecule has 0 aliphatic heterocycles. The molecular weight excluding hydrogens is 512 g/mol. The molecule has 40 heavy (non-hydrogen) atoms. The van der Waals surface area contributed by atoms with Gasteiger partial charge in [-0.1, -0.05) is 87.5 Å². The monoisotopic (exact) mass is 556 g/mol. The Morgan fingerprint density at radius 3 is 2.35 bits per heavy atom. The van der Waals surface area contributed by atoms with E-state index in [1.807, 2.05) is 12.1 Å². The highest BCUT2D eigenvalue weighted by Crippen LogP contribution is 2.38. The fourth-order valence-electron chi connectivity index (χ4n) is 5.36. The van der Waals surface area contributed by atoms with E-state index in [2.05, 4.69) is 88.5 Å². The van der Waals surface area contributed by atoms with Gasteiger partial charge in [0.05, 0.1) is 18.8 Å². The zero-order valence-electron chi connectivity index (χ0n) is 24.9. The molecule has 0 amide bonds. The van der Waals surface area contributed by atoms with Crippen LogP contribution in [0.3, 0.4) is 0 Å². The lowest BCUT2D eigenvalue weighted by Crippen LogP contribution is -2.44. The predicted molar refractivity (Wildman–Crippen MR) is 166 cm³/mol. The summed E-state index contributed by atoms with van der Waals surface area (Å²) in [6.07, 6.45) is 8.44. The smallest absolute Gasteiger partial charge is 0.337 e. The predicted octanol–water partition coefficient (Wildman–Crippen LogP) is 8.34. The van der Waals surface area contributed by atoms with Crippen LogP contribution in [0.25, 0.3) is 10.8 Å². The van der Waals surface area contributed by atoms with E-state index in [4.69, 9.17) is 9.16 Å². The summed E-state index contributed by atoms with van der Waals surface area (Å²) in [5.74, 6) is 0.271. The number of methoxy groups -OCH3 is 1. The summed E-state index contributed by atoms with van der Waals surface area (Å²) in [5.41, 5.74) is 2.94. The summed E-state index contributed by atoms with van der Waals surface area (Å²) in [6.45, 7) is 11.4. The van der Waals surface area contributed by atoms with Crippen molar-refractivity contribution in [3.63, 3.8) is 0 Å². The van der Waals surface area contributed by atoms with Crippen molar-refractivity contribution in [2.45, 2.75) is 77.1 Å². The van der Waals surface area contributed by atoms with Crippen LogP contribution >= 0.6 is 0 Å². The third-order valence-electron chi connectivity index (χ3n) is 8.85. The van der Waals surface area contributed by atoms with Crippen LogP contribution in [0, 0.1) is 11.8 Å². The Labute approximate surface area is 240 Å². The van der Waals surface area contributed by atoms with E-state index < -0.39 is 8.32 Å². The first kappa shape index (κ1) is 29.9. The first-order valence-electron chi connectivity index (χ1n) is 14.5. The van der Waals surface area contributed by atoms with Crippen molar-refractivity contribution in [2.75, 3.05) is 7.11 Å². The lowest BCUT2D eigenvalue weighted by Gasteiger charge is -2.39. The Morgan fingerprint density at radius 2 is 1.68 bits per heavy atom. The maximum Gasteiger partial charge on any atom is 0.337 e. The second-order valence-corrected chi connectivity index (χ2v) is 17.4.